The van der Waals surface area contributed by atoms with Crippen LogP contribution in [-0.4, -0.2) is 73.6 Å². The summed E-state index contributed by atoms with van der Waals surface area (Å²) < 4.78 is 5.42. The van der Waals surface area contributed by atoms with Crippen LogP contribution in [0.5, 0.6) is 0 Å². The molecule has 3 aliphatic rings. The van der Waals surface area contributed by atoms with Gasteiger partial charge in [0.05, 0.1) is 6.04 Å². The zero-order valence-corrected chi connectivity index (χ0v) is 17.1. The minimum Gasteiger partial charge on any atom is -0.381 e. The summed E-state index contributed by atoms with van der Waals surface area (Å²) in [5.74, 6) is 1.03. The van der Waals surface area contributed by atoms with Gasteiger partial charge < -0.3 is 19.4 Å². The summed E-state index contributed by atoms with van der Waals surface area (Å²) in [5.41, 5.74) is 2.42. The van der Waals surface area contributed by atoms with E-state index in [0.29, 0.717) is 25.0 Å². The first kappa shape index (κ1) is 19.2. The van der Waals surface area contributed by atoms with Gasteiger partial charge in [-0.3, -0.25) is 4.79 Å². The maximum Gasteiger partial charge on any atom is 0.320 e. The molecule has 3 amide bonds. The van der Waals surface area contributed by atoms with E-state index in [0.717, 1.165) is 32.5 Å². The molecule has 0 aromatic heterocycles. The highest BCUT2D eigenvalue weighted by molar-refractivity contribution is 5.79. The van der Waals surface area contributed by atoms with Crippen LogP contribution in [0.3, 0.4) is 0 Å². The maximum atomic E-state index is 13.0. The lowest BCUT2D eigenvalue weighted by Crippen LogP contribution is -2.43. The Morgan fingerprint density at radius 2 is 1.79 bits per heavy atom. The first-order valence-corrected chi connectivity index (χ1v) is 10.4. The number of hydrogen-bond acceptors (Lipinski definition) is 3. The fourth-order valence-electron chi connectivity index (χ4n) is 5.20. The van der Waals surface area contributed by atoms with Crippen LogP contribution in [0, 0.1) is 24.7 Å². The molecule has 0 aliphatic carbocycles. The summed E-state index contributed by atoms with van der Waals surface area (Å²) in [7, 11) is 3.62. The lowest BCUT2D eigenvalue weighted by molar-refractivity contribution is -0.137. The van der Waals surface area contributed by atoms with Crippen molar-refractivity contribution in [2.24, 2.45) is 17.8 Å². The van der Waals surface area contributed by atoms with Crippen LogP contribution in [0.1, 0.15) is 30.0 Å². The molecule has 0 radical (unpaired) electrons. The van der Waals surface area contributed by atoms with Crippen LogP contribution >= 0.6 is 0 Å². The second-order valence-corrected chi connectivity index (χ2v) is 8.68. The number of urea groups is 1. The summed E-state index contributed by atoms with van der Waals surface area (Å²) >= 11 is 0. The second kappa shape index (κ2) is 7.74. The van der Waals surface area contributed by atoms with Crippen molar-refractivity contribution < 1.29 is 14.3 Å². The van der Waals surface area contributed by atoms with E-state index in [9.17, 15) is 9.59 Å². The molecule has 1 aromatic rings. The molecule has 6 heteroatoms. The van der Waals surface area contributed by atoms with Gasteiger partial charge in [0.2, 0.25) is 5.91 Å². The molecule has 0 bridgehead atoms. The summed E-state index contributed by atoms with van der Waals surface area (Å²) in [4.78, 5) is 31.7. The second-order valence-electron chi connectivity index (χ2n) is 8.68. The third kappa shape index (κ3) is 3.39. The Morgan fingerprint density at radius 3 is 2.46 bits per heavy atom. The summed E-state index contributed by atoms with van der Waals surface area (Å²) in [6, 6.07) is 8.44. The fourth-order valence-corrected chi connectivity index (χ4v) is 5.20. The number of benzene rings is 1. The average molecular weight is 386 g/mol. The van der Waals surface area contributed by atoms with Crippen molar-refractivity contribution >= 4 is 11.9 Å². The van der Waals surface area contributed by atoms with E-state index in [1.165, 1.54) is 11.1 Å². The topological polar surface area (TPSA) is 53.1 Å². The van der Waals surface area contributed by atoms with Crippen LogP contribution in [0.4, 0.5) is 4.79 Å². The van der Waals surface area contributed by atoms with Crippen LogP contribution < -0.4 is 0 Å². The van der Waals surface area contributed by atoms with E-state index in [4.69, 9.17) is 4.74 Å². The highest BCUT2D eigenvalue weighted by Crippen LogP contribution is 2.46. The van der Waals surface area contributed by atoms with E-state index in [1.54, 1.807) is 4.90 Å². The van der Waals surface area contributed by atoms with Crippen molar-refractivity contribution in [3.05, 3.63) is 35.4 Å². The summed E-state index contributed by atoms with van der Waals surface area (Å²) in [6.45, 7) is 5.72. The van der Waals surface area contributed by atoms with E-state index >= 15 is 0 Å². The predicted molar refractivity (Wildman–Crippen MR) is 107 cm³/mol. The van der Waals surface area contributed by atoms with Gasteiger partial charge in [0.25, 0.3) is 0 Å². The number of carbonyl (C=O) groups excluding carboxylic acids is 2. The highest BCUT2D eigenvalue weighted by atomic mass is 16.5. The third-order valence-electron chi connectivity index (χ3n) is 6.68. The Bertz CT molecular complexity index is 744. The SMILES string of the molecule is Cc1ccccc1[C@H]1[C@@H]2CN(C(=O)C3CCOCC3)C[C@@H]2CN1C(=O)N(C)C. The summed E-state index contributed by atoms with van der Waals surface area (Å²) in [5, 5.41) is 0. The number of aryl methyl sites for hydroxylation is 1. The first-order chi connectivity index (χ1) is 13.5. The number of nitrogens with zero attached hydrogens (tertiary/aromatic N) is 3. The van der Waals surface area contributed by atoms with Crippen LogP contribution in [0.2, 0.25) is 0 Å². The standard InChI is InChI=1S/C22H31N3O3/c1-15-6-4-5-7-18(15)20-19-14-24(21(26)16-8-10-28-11-9-16)12-17(19)13-25(20)22(27)23(2)3/h4-7,16-17,19-20H,8-14H2,1-3H3/t17-,19-,20+/m1/s1. The monoisotopic (exact) mass is 385 g/mol. The third-order valence-corrected chi connectivity index (χ3v) is 6.68. The number of likely N-dealkylation sites (tertiary alicyclic amines) is 2. The fraction of sp³-hybridized carbons (Fsp3) is 0.636. The number of carbonyl (C=O) groups is 2. The predicted octanol–water partition coefficient (Wildman–Crippen LogP) is 2.53. The molecule has 0 saturated carbocycles. The molecule has 1 aromatic carbocycles. The van der Waals surface area contributed by atoms with Crippen molar-refractivity contribution in [1.82, 2.24) is 14.7 Å². The van der Waals surface area contributed by atoms with Crippen molar-refractivity contribution in [3.8, 4) is 0 Å². The van der Waals surface area contributed by atoms with Crippen LogP contribution in [-0.2, 0) is 9.53 Å². The van der Waals surface area contributed by atoms with Crippen LogP contribution in [0.15, 0.2) is 24.3 Å². The molecule has 0 N–H and O–H groups in total. The Kier molecular flexibility index (Phi) is 5.32. The minimum absolute atomic E-state index is 0.0357. The molecule has 0 spiro atoms. The van der Waals surface area contributed by atoms with E-state index in [-0.39, 0.29) is 23.9 Å². The van der Waals surface area contributed by atoms with Gasteiger partial charge in [0.15, 0.2) is 0 Å². The van der Waals surface area contributed by atoms with Crippen molar-refractivity contribution in [2.45, 2.75) is 25.8 Å². The number of amides is 3. The molecule has 3 heterocycles. The largest absolute Gasteiger partial charge is 0.381 e. The van der Waals surface area contributed by atoms with Gasteiger partial charge in [-0.05, 0) is 30.9 Å². The Morgan fingerprint density at radius 1 is 1.07 bits per heavy atom. The molecule has 4 rings (SSSR count). The summed E-state index contributed by atoms with van der Waals surface area (Å²) in [6.07, 6.45) is 1.66. The normalized spacial score (nSPS) is 27.8. The van der Waals surface area contributed by atoms with Crippen molar-refractivity contribution in [3.63, 3.8) is 0 Å². The minimum atomic E-state index is 0.0357. The molecule has 3 fully saturated rings. The molecule has 3 atom stereocenters. The van der Waals surface area contributed by atoms with Gasteiger partial charge in [0.1, 0.15) is 0 Å². The molecule has 0 unspecified atom stereocenters. The van der Waals surface area contributed by atoms with Gasteiger partial charge in [-0.2, -0.15) is 0 Å². The first-order valence-electron chi connectivity index (χ1n) is 10.4. The number of hydrogen-bond donors (Lipinski definition) is 0. The number of rotatable bonds is 2. The number of fused-ring (bicyclic) bond motifs is 1. The highest BCUT2D eigenvalue weighted by Gasteiger charge is 2.51. The molecular weight excluding hydrogens is 354 g/mol. The zero-order chi connectivity index (χ0) is 19.8. The van der Waals surface area contributed by atoms with Gasteiger partial charge in [-0.15, -0.1) is 0 Å². The van der Waals surface area contributed by atoms with E-state index in [1.807, 2.05) is 31.1 Å². The lowest BCUT2D eigenvalue weighted by atomic mass is 9.87. The molecule has 3 aliphatic heterocycles. The average Bonchev–Trinajstić information content (AvgIpc) is 3.26. The Balaban J connectivity index is 1.58. The Labute approximate surface area is 167 Å². The lowest BCUT2D eigenvalue weighted by Gasteiger charge is -2.33. The van der Waals surface area contributed by atoms with Gasteiger partial charge in [-0.1, -0.05) is 24.3 Å². The maximum absolute atomic E-state index is 13.0. The molecule has 152 valence electrons. The van der Waals surface area contributed by atoms with E-state index in [2.05, 4.69) is 24.0 Å². The van der Waals surface area contributed by atoms with Gasteiger partial charge in [-0.25, -0.2) is 4.79 Å². The van der Waals surface area contributed by atoms with Gasteiger partial charge >= 0.3 is 6.03 Å². The van der Waals surface area contributed by atoms with Crippen molar-refractivity contribution in [2.75, 3.05) is 46.9 Å². The molecule has 3 saturated heterocycles. The molecular formula is C22H31N3O3. The van der Waals surface area contributed by atoms with Gasteiger partial charge in [0, 0.05) is 64.7 Å². The molecule has 28 heavy (non-hydrogen) atoms. The molecule has 6 nitrogen and oxygen atoms in total. The van der Waals surface area contributed by atoms with Crippen molar-refractivity contribution in [1.29, 1.82) is 0 Å². The van der Waals surface area contributed by atoms with E-state index < -0.39 is 0 Å². The number of ether oxygens (including phenoxy) is 1. The van der Waals surface area contributed by atoms with Crippen LogP contribution in [0.25, 0.3) is 0 Å². The smallest absolute Gasteiger partial charge is 0.320 e. The quantitative estimate of drug-likeness (QED) is 0.786. The zero-order valence-electron chi connectivity index (χ0n) is 17.1. The Hall–Kier alpha value is -2.08.